The van der Waals surface area contributed by atoms with E-state index in [-0.39, 0.29) is 11.6 Å². The Bertz CT molecular complexity index is 640. The molecule has 2 aromatic rings. The number of nitrogens with two attached hydrogens (primary N) is 1. The molecule has 0 saturated carbocycles. The lowest BCUT2D eigenvalue weighted by Crippen LogP contribution is -2.31. The maximum atomic E-state index is 13.8. The predicted molar refractivity (Wildman–Crippen MR) is 79.3 cm³/mol. The Morgan fingerprint density at radius 1 is 1.25 bits per heavy atom. The fraction of sp³-hybridized carbons (Fsp3) is 0.188. The molecule has 2 aromatic carbocycles. The van der Waals surface area contributed by atoms with Gasteiger partial charge >= 0.3 is 0 Å². The van der Waals surface area contributed by atoms with Crippen molar-refractivity contribution in [2.45, 2.75) is 13.8 Å². The normalized spacial score (nSPS) is 10.3. The van der Waals surface area contributed by atoms with Crippen LogP contribution in [-0.2, 0) is 0 Å². The van der Waals surface area contributed by atoms with Crippen molar-refractivity contribution >= 4 is 17.3 Å². The van der Waals surface area contributed by atoms with Crippen molar-refractivity contribution in [3.63, 3.8) is 0 Å². The number of nitrogens with zero attached hydrogens (tertiary/aromatic N) is 1. The van der Waals surface area contributed by atoms with Crippen LogP contribution in [-0.4, -0.2) is 12.5 Å². The molecule has 0 unspecified atom stereocenters. The molecule has 4 heteroatoms. The van der Waals surface area contributed by atoms with Crippen LogP contribution in [0.3, 0.4) is 0 Å². The molecule has 0 spiro atoms. The number of halogens is 1. The summed E-state index contributed by atoms with van der Waals surface area (Å²) in [5, 5.41) is 0. The molecule has 0 bridgehead atoms. The summed E-state index contributed by atoms with van der Waals surface area (Å²) in [6, 6.07) is 11.4. The molecule has 0 aliphatic rings. The molecule has 1 amide bonds. The summed E-state index contributed by atoms with van der Waals surface area (Å²) >= 11 is 0. The summed E-state index contributed by atoms with van der Waals surface area (Å²) in [4.78, 5) is 13.9. The highest BCUT2D eigenvalue weighted by Gasteiger charge is 2.19. The van der Waals surface area contributed by atoms with Crippen LogP contribution in [0.15, 0.2) is 42.5 Å². The van der Waals surface area contributed by atoms with Crippen LogP contribution in [0.2, 0.25) is 0 Å². The van der Waals surface area contributed by atoms with E-state index < -0.39 is 5.82 Å². The van der Waals surface area contributed by atoms with E-state index in [4.69, 9.17) is 5.73 Å². The summed E-state index contributed by atoms with van der Waals surface area (Å²) in [5.41, 5.74) is 8.03. The quantitative estimate of drug-likeness (QED) is 0.871. The summed E-state index contributed by atoms with van der Waals surface area (Å²) in [5.74, 6) is -0.674. The maximum absolute atomic E-state index is 13.8. The molecular formula is C16H17FN2O. The number of rotatable bonds is 3. The Morgan fingerprint density at radius 3 is 2.55 bits per heavy atom. The van der Waals surface area contributed by atoms with E-state index >= 15 is 0 Å². The summed E-state index contributed by atoms with van der Waals surface area (Å²) in [7, 11) is 0. The molecule has 2 rings (SSSR count). The number of anilines is 2. The van der Waals surface area contributed by atoms with Crippen molar-refractivity contribution in [3.05, 3.63) is 59.4 Å². The molecule has 0 atom stereocenters. The Labute approximate surface area is 117 Å². The monoisotopic (exact) mass is 272 g/mol. The molecule has 0 aromatic heterocycles. The van der Waals surface area contributed by atoms with Crippen molar-refractivity contribution < 1.29 is 9.18 Å². The van der Waals surface area contributed by atoms with Crippen molar-refractivity contribution in [3.8, 4) is 0 Å². The minimum absolute atomic E-state index is 0.260. The van der Waals surface area contributed by atoms with Crippen LogP contribution >= 0.6 is 0 Å². The van der Waals surface area contributed by atoms with Crippen molar-refractivity contribution in [1.29, 1.82) is 0 Å². The lowest BCUT2D eigenvalue weighted by molar-refractivity contribution is 0.0987. The number of amides is 1. The van der Waals surface area contributed by atoms with Crippen LogP contribution in [0.25, 0.3) is 0 Å². The molecule has 0 radical (unpaired) electrons. The van der Waals surface area contributed by atoms with Gasteiger partial charge in [-0.25, -0.2) is 4.39 Å². The Hall–Kier alpha value is -2.36. The van der Waals surface area contributed by atoms with Gasteiger partial charge in [0.2, 0.25) is 0 Å². The van der Waals surface area contributed by atoms with E-state index in [1.54, 1.807) is 36.4 Å². The molecule has 0 fully saturated rings. The number of carbonyl (C=O) groups is 1. The highest BCUT2D eigenvalue weighted by atomic mass is 19.1. The number of benzene rings is 2. The first-order chi connectivity index (χ1) is 9.54. The van der Waals surface area contributed by atoms with Gasteiger partial charge in [-0.3, -0.25) is 4.79 Å². The number of carbonyl (C=O) groups excluding carboxylic acids is 1. The number of hydrogen-bond donors (Lipinski definition) is 1. The van der Waals surface area contributed by atoms with Gasteiger partial charge in [0.1, 0.15) is 5.82 Å². The first-order valence-corrected chi connectivity index (χ1v) is 6.47. The second kappa shape index (κ2) is 5.74. The van der Waals surface area contributed by atoms with Crippen LogP contribution in [0.5, 0.6) is 0 Å². The van der Waals surface area contributed by atoms with Crippen LogP contribution in [0, 0.1) is 12.7 Å². The average Bonchev–Trinajstić information content (AvgIpc) is 2.44. The third-order valence-electron chi connectivity index (χ3n) is 3.23. The van der Waals surface area contributed by atoms with Gasteiger partial charge in [-0.2, -0.15) is 0 Å². The smallest absolute Gasteiger partial charge is 0.258 e. The van der Waals surface area contributed by atoms with Gasteiger partial charge in [0, 0.05) is 17.8 Å². The summed E-state index contributed by atoms with van der Waals surface area (Å²) in [6.45, 7) is 4.06. The molecule has 0 aliphatic carbocycles. The molecule has 20 heavy (non-hydrogen) atoms. The van der Waals surface area contributed by atoms with Gasteiger partial charge in [0.25, 0.3) is 5.91 Å². The van der Waals surface area contributed by atoms with E-state index in [2.05, 4.69) is 0 Å². The van der Waals surface area contributed by atoms with E-state index in [1.165, 1.54) is 11.0 Å². The lowest BCUT2D eigenvalue weighted by atomic mass is 10.1. The van der Waals surface area contributed by atoms with Gasteiger partial charge in [-0.1, -0.05) is 18.2 Å². The van der Waals surface area contributed by atoms with Gasteiger partial charge in [0.15, 0.2) is 0 Å². The first kappa shape index (κ1) is 14.1. The maximum Gasteiger partial charge on any atom is 0.258 e. The van der Waals surface area contributed by atoms with Gasteiger partial charge in [-0.15, -0.1) is 0 Å². The molecule has 0 aliphatic heterocycles. The highest BCUT2D eigenvalue weighted by Crippen LogP contribution is 2.22. The molecule has 0 saturated heterocycles. The lowest BCUT2D eigenvalue weighted by Gasteiger charge is -2.22. The van der Waals surface area contributed by atoms with Crippen LogP contribution in [0.4, 0.5) is 15.8 Å². The summed E-state index contributed by atoms with van der Waals surface area (Å²) < 4.78 is 13.8. The minimum Gasteiger partial charge on any atom is -0.398 e. The number of aryl methyl sites for hydroxylation is 1. The van der Waals surface area contributed by atoms with E-state index in [0.717, 1.165) is 5.56 Å². The highest BCUT2D eigenvalue weighted by molar-refractivity contribution is 6.06. The van der Waals surface area contributed by atoms with E-state index in [1.807, 2.05) is 13.8 Å². The fourth-order valence-electron chi connectivity index (χ4n) is 2.02. The third kappa shape index (κ3) is 2.64. The molecular weight excluding hydrogens is 255 g/mol. The predicted octanol–water partition coefficient (Wildman–Crippen LogP) is 3.38. The minimum atomic E-state index is -0.414. The largest absolute Gasteiger partial charge is 0.398 e. The number of para-hydroxylation sites is 1. The van der Waals surface area contributed by atoms with E-state index in [9.17, 15) is 9.18 Å². The standard InChI is InChI=1S/C16H17FN2O/c1-3-19(15-7-5-4-6-13(15)17)16(20)12-9-8-11(2)14(18)10-12/h4-10H,3,18H2,1-2H3. The second-order valence-electron chi connectivity index (χ2n) is 4.57. The molecule has 2 N–H and O–H groups in total. The Morgan fingerprint density at radius 2 is 1.95 bits per heavy atom. The topological polar surface area (TPSA) is 46.3 Å². The fourth-order valence-corrected chi connectivity index (χ4v) is 2.02. The Balaban J connectivity index is 2.39. The zero-order valence-electron chi connectivity index (χ0n) is 11.6. The number of nitrogen functional groups attached to an aromatic ring is 1. The third-order valence-corrected chi connectivity index (χ3v) is 3.23. The molecule has 0 heterocycles. The molecule has 104 valence electrons. The zero-order valence-corrected chi connectivity index (χ0v) is 11.6. The first-order valence-electron chi connectivity index (χ1n) is 6.47. The second-order valence-corrected chi connectivity index (χ2v) is 4.57. The molecule has 3 nitrogen and oxygen atoms in total. The van der Waals surface area contributed by atoms with Crippen molar-refractivity contribution in [2.75, 3.05) is 17.2 Å². The summed E-state index contributed by atoms with van der Waals surface area (Å²) in [6.07, 6.45) is 0. The average molecular weight is 272 g/mol. The van der Waals surface area contributed by atoms with Crippen molar-refractivity contribution in [1.82, 2.24) is 0 Å². The van der Waals surface area contributed by atoms with Gasteiger partial charge in [-0.05, 0) is 43.7 Å². The number of hydrogen-bond acceptors (Lipinski definition) is 2. The van der Waals surface area contributed by atoms with Crippen LogP contribution < -0.4 is 10.6 Å². The zero-order chi connectivity index (χ0) is 14.7. The Kier molecular flexibility index (Phi) is 4.03. The van der Waals surface area contributed by atoms with Crippen LogP contribution in [0.1, 0.15) is 22.8 Å². The van der Waals surface area contributed by atoms with Crippen molar-refractivity contribution in [2.24, 2.45) is 0 Å². The SMILES string of the molecule is CCN(C(=O)c1ccc(C)c(N)c1)c1ccccc1F. The van der Waals surface area contributed by atoms with E-state index in [0.29, 0.717) is 17.8 Å². The van der Waals surface area contributed by atoms with Gasteiger partial charge in [0.05, 0.1) is 5.69 Å². The van der Waals surface area contributed by atoms with Gasteiger partial charge < -0.3 is 10.6 Å².